The molecule has 0 unspecified atom stereocenters. The standard InChI is InChI=1S/C11H21NSi/c1-13(2,3)12-10-6-9-11-7-4-5-8-11/h4-5,7-8,11-12H,6,9-10H2,1-3H3. The quantitative estimate of drug-likeness (QED) is 0.525. The molecule has 0 aromatic carbocycles. The van der Waals surface area contributed by atoms with Crippen molar-refractivity contribution in [3.63, 3.8) is 0 Å². The zero-order valence-corrected chi connectivity index (χ0v) is 10.0. The maximum absolute atomic E-state index is 3.64. The van der Waals surface area contributed by atoms with E-state index < -0.39 is 8.24 Å². The van der Waals surface area contributed by atoms with Crippen LogP contribution in [-0.4, -0.2) is 14.8 Å². The number of allylic oxidation sites excluding steroid dienone is 4. The van der Waals surface area contributed by atoms with Crippen molar-refractivity contribution >= 4 is 8.24 Å². The Hall–Kier alpha value is -0.343. The van der Waals surface area contributed by atoms with E-state index in [1.165, 1.54) is 19.4 Å². The van der Waals surface area contributed by atoms with Crippen LogP contribution in [0, 0.1) is 5.92 Å². The van der Waals surface area contributed by atoms with Crippen molar-refractivity contribution in [1.82, 2.24) is 4.98 Å². The van der Waals surface area contributed by atoms with E-state index in [1.54, 1.807) is 0 Å². The van der Waals surface area contributed by atoms with Gasteiger partial charge in [0.1, 0.15) is 8.24 Å². The lowest BCUT2D eigenvalue weighted by atomic mass is 10.1. The van der Waals surface area contributed by atoms with Gasteiger partial charge >= 0.3 is 0 Å². The highest BCUT2D eigenvalue weighted by molar-refractivity contribution is 6.73. The van der Waals surface area contributed by atoms with Crippen molar-refractivity contribution in [2.75, 3.05) is 6.54 Å². The average molecular weight is 195 g/mol. The van der Waals surface area contributed by atoms with Crippen LogP contribution in [0.4, 0.5) is 0 Å². The summed E-state index contributed by atoms with van der Waals surface area (Å²) in [6.07, 6.45) is 11.5. The second kappa shape index (κ2) is 4.77. The van der Waals surface area contributed by atoms with Gasteiger partial charge in [-0.3, -0.25) is 0 Å². The largest absolute Gasteiger partial charge is 0.337 e. The summed E-state index contributed by atoms with van der Waals surface area (Å²) >= 11 is 0. The van der Waals surface area contributed by atoms with E-state index in [9.17, 15) is 0 Å². The molecular formula is C11H21NSi. The third-order valence-corrected chi connectivity index (χ3v) is 3.51. The summed E-state index contributed by atoms with van der Waals surface area (Å²) in [5, 5.41) is 0. The number of hydrogen-bond acceptors (Lipinski definition) is 1. The highest BCUT2D eigenvalue weighted by Gasteiger charge is 2.11. The summed E-state index contributed by atoms with van der Waals surface area (Å²) < 4.78 is 0. The van der Waals surface area contributed by atoms with Crippen LogP contribution in [0.3, 0.4) is 0 Å². The van der Waals surface area contributed by atoms with Gasteiger partial charge in [0.2, 0.25) is 0 Å². The molecule has 0 radical (unpaired) electrons. The molecule has 0 aromatic heterocycles. The molecule has 0 aromatic rings. The molecule has 74 valence electrons. The molecule has 1 aliphatic rings. The van der Waals surface area contributed by atoms with Crippen LogP contribution >= 0.6 is 0 Å². The normalized spacial score (nSPS) is 17.2. The van der Waals surface area contributed by atoms with Gasteiger partial charge in [-0.25, -0.2) is 0 Å². The van der Waals surface area contributed by atoms with Crippen molar-refractivity contribution in [3.8, 4) is 0 Å². The molecule has 0 saturated heterocycles. The summed E-state index contributed by atoms with van der Waals surface area (Å²) in [6.45, 7) is 8.24. The average Bonchev–Trinajstić information content (AvgIpc) is 2.48. The fourth-order valence-electron chi connectivity index (χ4n) is 1.47. The molecule has 0 fully saturated rings. The molecule has 0 saturated carbocycles. The van der Waals surface area contributed by atoms with E-state index in [4.69, 9.17) is 0 Å². The molecule has 13 heavy (non-hydrogen) atoms. The van der Waals surface area contributed by atoms with Crippen LogP contribution in [0.2, 0.25) is 19.6 Å². The van der Waals surface area contributed by atoms with Gasteiger partial charge in [-0.05, 0) is 25.3 Å². The molecular weight excluding hydrogens is 174 g/mol. The summed E-state index contributed by atoms with van der Waals surface area (Å²) in [6, 6.07) is 0. The van der Waals surface area contributed by atoms with Crippen molar-refractivity contribution in [1.29, 1.82) is 0 Å². The molecule has 0 spiro atoms. The van der Waals surface area contributed by atoms with E-state index in [1.807, 2.05) is 0 Å². The van der Waals surface area contributed by atoms with E-state index in [0.717, 1.165) is 0 Å². The first kappa shape index (κ1) is 10.7. The summed E-state index contributed by atoms with van der Waals surface area (Å²) in [5.74, 6) is 0.712. The van der Waals surface area contributed by atoms with Gasteiger partial charge < -0.3 is 4.98 Å². The lowest BCUT2D eigenvalue weighted by Crippen LogP contribution is -2.41. The Morgan fingerprint density at radius 1 is 1.15 bits per heavy atom. The molecule has 0 bridgehead atoms. The van der Waals surface area contributed by atoms with Crippen LogP contribution in [0.25, 0.3) is 0 Å². The van der Waals surface area contributed by atoms with Crippen molar-refractivity contribution in [2.24, 2.45) is 5.92 Å². The molecule has 0 aliphatic heterocycles. The van der Waals surface area contributed by atoms with Crippen LogP contribution in [0.1, 0.15) is 12.8 Å². The second-order valence-electron chi connectivity index (χ2n) is 4.75. The van der Waals surface area contributed by atoms with Crippen molar-refractivity contribution in [2.45, 2.75) is 32.5 Å². The first-order chi connectivity index (χ1) is 6.08. The van der Waals surface area contributed by atoms with E-state index in [0.29, 0.717) is 5.92 Å². The Morgan fingerprint density at radius 2 is 1.77 bits per heavy atom. The second-order valence-corrected chi connectivity index (χ2v) is 9.61. The number of hydrogen-bond donors (Lipinski definition) is 1. The Balaban J connectivity index is 2.01. The van der Waals surface area contributed by atoms with E-state index in [-0.39, 0.29) is 0 Å². The van der Waals surface area contributed by atoms with Crippen LogP contribution in [0.5, 0.6) is 0 Å². The lowest BCUT2D eigenvalue weighted by molar-refractivity contribution is 0.646. The minimum Gasteiger partial charge on any atom is -0.337 e. The third kappa shape index (κ3) is 5.06. The zero-order chi connectivity index (χ0) is 9.73. The van der Waals surface area contributed by atoms with Crippen molar-refractivity contribution < 1.29 is 0 Å². The summed E-state index contributed by atoms with van der Waals surface area (Å²) in [7, 11) is -1.02. The highest BCUT2D eigenvalue weighted by atomic mass is 28.3. The maximum Gasteiger partial charge on any atom is 0.116 e. The monoisotopic (exact) mass is 195 g/mol. The fourth-order valence-corrected chi connectivity index (χ4v) is 2.40. The van der Waals surface area contributed by atoms with Gasteiger partial charge in [0.15, 0.2) is 0 Å². The van der Waals surface area contributed by atoms with Gasteiger partial charge in [0.25, 0.3) is 0 Å². The van der Waals surface area contributed by atoms with Gasteiger partial charge in [-0.15, -0.1) is 0 Å². The molecule has 0 heterocycles. The van der Waals surface area contributed by atoms with Crippen LogP contribution in [0.15, 0.2) is 24.3 Å². The molecule has 0 amide bonds. The Kier molecular flexibility index (Phi) is 3.94. The molecule has 1 rings (SSSR count). The SMILES string of the molecule is C[Si](C)(C)NCCCC1C=CC=C1. The topological polar surface area (TPSA) is 12.0 Å². The smallest absolute Gasteiger partial charge is 0.116 e. The summed E-state index contributed by atoms with van der Waals surface area (Å²) in [4.78, 5) is 3.64. The number of rotatable bonds is 5. The molecule has 1 N–H and O–H groups in total. The Bertz CT molecular complexity index is 189. The minimum atomic E-state index is -1.02. The van der Waals surface area contributed by atoms with E-state index in [2.05, 4.69) is 48.9 Å². The molecule has 2 heteroatoms. The van der Waals surface area contributed by atoms with Gasteiger partial charge in [-0.2, -0.15) is 0 Å². The van der Waals surface area contributed by atoms with E-state index >= 15 is 0 Å². The fraction of sp³-hybridized carbons (Fsp3) is 0.636. The first-order valence-electron chi connectivity index (χ1n) is 5.18. The molecule has 0 atom stereocenters. The van der Waals surface area contributed by atoms with Crippen LogP contribution in [-0.2, 0) is 0 Å². The molecule has 1 nitrogen and oxygen atoms in total. The highest BCUT2D eigenvalue weighted by Crippen LogP contribution is 2.14. The van der Waals surface area contributed by atoms with Gasteiger partial charge in [0, 0.05) is 0 Å². The van der Waals surface area contributed by atoms with Gasteiger partial charge in [-0.1, -0.05) is 43.9 Å². The predicted octanol–water partition coefficient (Wildman–Crippen LogP) is 2.93. The van der Waals surface area contributed by atoms with Crippen molar-refractivity contribution in [3.05, 3.63) is 24.3 Å². The lowest BCUT2D eigenvalue weighted by Gasteiger charge is -2.18. The third-order valence-electron chi connectivity index (χ3n) is 2.20. The number of nitrogens with one attached hydrogen (secondary N) is 1. The first-order valence-corrected chi connectivity index (χ1v) is 8.68. The Labute approximate surface area is 83.0 Å². The zero-order valence-electron chi connectivity index (χ0n) is 9.01. The minimum absolute atomic E-state index is 0.712. The summed E-state index contributed by atoms with van der Waals surface area (Å²) in [5.41, 5.74) is 0. The maximum atomic E-state index is 3.64. The van der Waals surface area contributed by atoms with Crippen LogP contribution < -0.4 is 4.98 Å². The Morgan fingerprint density at radius 3 is 2.31 bits per heavy atom. The predicted molar refractivity (Wildman–Crippen MR) is 62.4 cm³/mol. The molecule has 1 aliphatic carbocycles. The van der Waals surface area contributed by atoms with Gasteiger partial charge in [0.05, 0.1) is 0 Å².